The number of nitrogens with one attached hydrogen (secondary N) is 1. The maximum Gasteiger partial charge on any atom is 0.248 e. The van der Waals surface area contributed by atoms with Crippen LogP contribution in [0.25, 0.3) is 6.08 Å². The first kappa shape index (κ1) is 21.4. The summed E-state index contributed by atoms with van der Waals surface area (Å²) in [5, 5.41) is 2.84. The molecule has 150 valence electrons. The van der Waals surface area contributed by atoms with Gasteiger partial charge >= 0.3 is 0 Å². The number of amides is 1. The van der Waals surface area contributed by atoms with Crippen LogP contribution in [-0.4, -0.2) is 26.2 Å². The summed E-state index contributed by atoms with van der Waals surface area (Å²) in [4.78, 5) is 12.3. The van der Waals surface area contributed by atoms with Gasteiger partial charge in [-0.3, -0.25) is 4.79 Å². The Morgan fingerprint density at radius 2 is 1.82 bits per heavy atom. The van der Waals surface area contributed by atoms with E-state index in [9.17, 15) is 4.79 Å². The molecular weight excluding hydrogens is 354 g/mol. The summed E-state index contributed by atoms with van der Waals surface area (Å²) >= 11 is 0. The third kappa shape index (κ3) is 6.65. The largest absolute Gasteiger partial charge is 0.493 e. The van der Waals surface area contributed by atoms with Crippen LogP contribution in [0, 0.1) is 0 Å². The van der Waals surface area contributed by atoms with Crippen molar-refractivity contribution in [3.63, 3.8) is 0 Å². The zero-order valence-electron chi connectivity index (χ0n) is 16.9. The van der Waals surface area contributed by atoms with E-state index in [-0.39, 0.29) is 5.91 Å². The molecule has 0 aliphatic carbocycles. The molecule has 1 amide bonds. The van der Waals surface area contributed by atoms with E-state index in [0.717, 1.165) is 24.8 Å². The molecule has 0 atom stereocenters. The Labute approximate surface area is 167 Å². The molecule has 0 fully saturated rings. The van der Waals surface area contributed by atoms with Crippen molar-refractivity contribution in [1.82, 2.24) is 0 Å². The highest BCUT2D eigenvalue weighted by Crippen LogP contribution is 2.29. The summed E-state index contributed by atoms with van der Waals surface area (Å²) in [6.45, 7) is 5.27. The van der Waals surface area contributed by atoms with Gasteiger partial charge in [-0.25, -0.2) is 0 Å². The van der Waals surface area contributed by atoms with Gasteiger partial charge in [0.1, 0.15) is 5.75 Å². The standard InChI is InChI=1S/C23H29NO4/c1-4-6-9-16-28-21-14-12-18(17-22(21)26-3)13-15-23(25)24-19-10-7-8-11-20(19)27-5-2/h7-8,10-15,17H,4-6,9,16H2,1-3H3,(H,24,25). The van der Waals surface area contributed by atoms with E-state index < -0.39 is 0 Å². The highest BCUT2D eigenvalue weighted by atomic mass is 16.5. The van der Waals surface area contributed by atoms with Gasteiger partial charge < -0.3 is 19.5 Å². The average molecular weight is 383 g/mol. The zero-order chi connectivity index (χ0) is 20.2. The van der Waals surface area contributed by atoms with Crippen molar-refractivity contribution in [1.29, 1.82) is 0 Å². The summed E-state index contributed by atoms with van der Waals surface area (Å²) < 4.78 is 16.7. The average Bonchev–Trinajstić information content (AvgIpc) is 2.71. The molecule has 0 radical (unpaired) electrons. The van der Waals surface area contributed by atoms with Gasteiger partial charge in [-0.2, -0.15) is 0 Å². The van der Waals surface area contributed by atoms with Crippen LogP contribution in [0.4, 0.5) is 5.69 Å². The molecule has 2 aromatic rings. The third-order valence-electron chi connectivity index (χ3n) is 4.07. The first-order chi connectivity index (χ1) is 13.7. The van der Waals surface area contributed by atoms with Crippen molar-refractivity contribution >= 4 is 17.7 Å². The molecule has 2 rings (SSSR count). The van der Waals surface area contributed by atoms with Crippen molar-refractivity contribution in [2.45, 2.75) is 33.1 Å². The number of para-hydroxylation sites is 2. The molecule has 2 aromatic carbocycles. The normalized spacial score (nSPS) is 10.7. The van der Waals surface area contributed by atoms with E-state index in [4.69, 9.17) is 14.2 Å². The van der Waals surface area contributed by atoms with E-state index in [0.29, 0.717) is 36.1 Å². The predicted octanol–water partition coefficient (Wildman–Crippen LogP) is 5.31. The Morgan fingerprint density at radius 3 is 2.57 bits per heavy atom. The van der Waals surface area contributed by atoms with Crippen molar-refractivity contribution in [3.8, 4) is 17.2 Å². The molecule has 0 spiro atoms. The maximum absolute atomic E-state index is 12.3. The lowest BCUT2D eigenvalue weighted by Gasteiger charge is -2.11. The van der Waals surface area contributed by atoms with Gasteiger partial charge in [-0.05, 0) is 49.2 Å². The number of carbonyl (C=O) groups excluding carboxylic acids is 1. The summed E-state index contributed by atoms with van der Waals surface area (Å²) in [5.74, 6) is 1.79. The number of anilines is 1. The minimum absolute atomic E-state index is 0.231. The second-order valence-electron chi connectivity index (χ2n) is 6.22. The lowest BCUT2D eigenvalue weighted by molar-refractivity contribution is -0.111. The number of benzene rings is 2. The minimum Gasteiger partial charge on any atom is -0.493 e. The highest BCUT2D eigenvalue weighted by molar-refractivity contribution is 6.02. The van der Waals surface area contributed by atoms with E-state index in [1.54, 1.807) is 13.2 Å². The molecule has 5 heteroatoms. The minimum atomic E-state index is -0.231. The summed E-state index contributed by atoms with van der Waals surface area (Å²) in [6, 6.07) is 13.0. The fourth-order valence-corrected chi connectivity index (χ4v) is 2.64. The predicted molar refractivity (Wildman–Crippen MR) is 113 cm³/mol. The summed E-state index contributed by atoms with van der Waals surface area (Å²) in [5.41, 5.74) is 1.50. The van der Waals surface area contributed by atoms with Gasteiger partial charge in [-0.15, -0.1) is 0 Å². The number of methoxy groups -OCH3 is 1. The van der Waals surface area contributed by atoms with Crippen LogP contribution in [0.3, 0.4) is 0 Å². The molecule has 0 saturated carbocycles. The molecule has 0 saturated heterocycles. The van der Waals surface area contributed by atoms with Crippen LogP contribution in [0.15, 0.2) is 48.5 Å². The van der Waals surface area contributed by atoms with Crippen molar-refractivity contribution < 1.29 is 19.0 Å². The smallest absolute Gasteiger partial charge is 0.248 e. The fraction of sp³-hybridized carbons (Fsp3) is 0.348. The molecule has 0 aromatic heterocycles. The van der Waals surface area contributed by atoms with Gasteiger partial charge in [0.05, 0.1) is 26.0 Å². The van der Waals surface area contributed by atoms with Crippen LogP contribution in [0.1, 0.15) is 38.7 Å². The van der Waals surface area contributed by atoms with E-state index in [1.165, 1.54) is 6.08 Å². The molecule has 28 heavy (non-hydrogen) atoms. The van der Waals surface area contributed by atoms with E-state index in [1.807, 2.05) is 49.4 Å². The molecule has 0 heterocycles. The lowest BCUT2D eigenvalue weighted by Crippen LogP contribution is -2.09. The number of carbonyl (C=O) groups is 1. The third-order valence-corrected chi connectivity index (χ3v) is 4.07. The molecule has 1 N–H and O–H groups in total. The molecular formula is C23H29NO4. The zero-order valence-corrected chi connectivity index (χ0v) is 16.9. The van der Waals surface area contributed by atoms with Gasteiger partial charge in [0.25, 0.3) is 0 Å². The Morgan fingerprint density at radius 1 is 1.00 bits per heavy atom. The number of ether oxygens (including phenoxy) is 3. The molecule has 0 aliphatic rings. The van der Waals surface area contributed by atoms with E-state index >= 15 is 0 Å². The molecule has 0 bridgehead atoms. The van der Waals surface area contributed by atoms with Crippen LogP contribution < -0.4 is 19.5 Å². The summed E-state index contributed by atoms with van der Waals surface area (Å²) in [7, 11) is 1.61. The van der Waals surface area contributed by atoms with Crippen molar-refractivity contribution in [2.75, 3.05) is 25.6 Å². The Bertz CT molecular complexity index is 786. The maximum atomic E-state index is 12.3. The highest BCUT2D eigenvalue weighted by Gasteiger charge is 2.07. The first-order valence-electron chi connectivity index (χ1n) is 9.69. The Hall–Kier alpha value is -2.95. The van der Waals surface area contributed by atoms with Gasteiger partial charge in [0.15, 0.2) is 11.5 Å². The topological polar surface area (TPSA) is 56.8 Å². The second kappa shape index (κ2) is 11.7. The second-order valence-corrected chi connectivity index (χ2v) is 6.22. The van der Waals surface area contributed by atoms with E-state index in [2.05, 4.69) is 12.2 Å². The first-order valence-corrected chi connectivity index (χ1v) is 9.69. The molecule has 5 nitrogen and oxygen atoms in total. The van der Waals surface area contributed by atoms with Crippen LogP contribution in [-0.2, 0) is 4.79 Å². The van der Waals surface area contributed by atoms with Gasteiger partial charge in [0.2, 0.25) is 5.91 Å². The van der Waals surface area contributed by atoms with Crippen molar-refractivity contribution in [3.05, 3.63) is 54.1 Å². The molecule has 0 unspecified atom stereocenters. The van der Waals surface area contributed by atoms with Gasteiger partial charge in [-0.1, -0.05) is 38.0 Å². The number of hydrogen-bond acceptors (Lipinski definition) is 4. The van der Waals surface area contributed by atoms with Crippen molar-refractivity contribution in [2.24, 2.45) is 0 Å². The van der Waals surface area contributed by atoms with Crippen LogP contribution in [0.2, 0.25) is 0 Å². The Kier molecular flexibility index (Phi) is 8.92. The number of rotatable bonds is 11. The Balaban J connectivity index is 2.00. The fourth-order valence-electron chi connectivity index (χ4n) is 2.64. The lowest BCUT2D eigenvalue weighted by atomic mass is 10.2. The number of hydrogen-bond donors (Lipinski definition) is 1. The molecule has 0 aliphatic heterocycles. The van der Waals surface area contributed by atoms with Gasteiger partial charge in [0, 0.05) is 6.08 Å². The monoisotopic (exact) mass is 383 g/mol. The summed E-state index contributed by atoms with van der Waals surface area (Å²) in [6.07, 6.45) is 6.54. The quantitative estimate of drug-likeness (QED) is 0.422. The SMILES string of the molecule is CCCCCOc1ccc(C=CC(=O)Nc2ccccc2OCC)cc1OC. The van der Waals surface area contributed by atoms with Crippen LogP contribution >= 0.6 is 0 Å². The van der Waals surface area contributed by atoms with Crippen LogP contribution in [0.5, 0.6) is 17.2 Å². The number of unbranched alkanes of at least 4 members (excludes halogenated alkanes) is 2.